The minimum atomic E-state index is -4.31. The molecule has 0 fully saturated rings. The van der Waals surface area contributed by atoms with Gasteiger partial charge in [0.2, 0.25) is 0 Å². The van der Waals surface area contributed by atoms with Gasteiger partial charge in [-0.3, -0.25) is 0 Å². The lowest BCUT2D eigenvalue weighted by molar-refractivity contribution is -0.137. The number of halogens is 4. The van der Waals surface area contributed by atoms with E-state index >= 15 is 0 Å². The van der Waals surface area contributed by atoms with Gasteiger partial charge in [0.1, 0.15) is 10.2 Å². The Bertz CT molecular complexity index is 847. The second kappa shape index (κ2) is 7.51. The molecular weight excluding hydrogens is 371 g/mol. The van der Waals surface area contributed by atoms with E-state index in [2.05, 4.69) is 15.3 Å². The summed E-state index contributed by atoms with van der Waals surface area (Å²) in [4.78, 5) is 9.29. The van der Waals surface area contributed by atoms with Gasteiger partial charge in [-0.1, -0.05) is 23.7 Å². The summed E-state index contributed by atoms with van der Waals surface area (Å²) in [6.07, 6.45) is -0.946. The zero-order chi connectivity index (χ0) is 17.9. The van der Waals surface area contributed by atoms with Crippen LogP contribution in [0.2, 0.25) is 5.15 Å². The molecule has 0 radical (unpaired) electrons. The fraction of sp³-hybridized carbons (Fsp3) is 0.176. The molecule has 0 aliphatic heterocycles. The predicted molar refractivity (Wildman–Crippen MR) is 92.3 cm³/mol. The molecule has 0 amide bonds. The van der Waals surface area contributed by atoms with E-state index in [0.29, 0.717) is 18.2 Å². The van der Waals surface area contributed by atoms with Crippen molar-refractivity contribution in [3.05, 3.63) is 70.1 Å². The fourth-order valence-electron chi connectivity index (χ4n) is 2.21. The molecule has 130 valence electrons. The molecule has 0 aliphatic rings. The van der Waals surface area contributed by atoms with Crippen LogP contribution in [0.1, 0.15) is 16.1 Å². The van der Waals surface area contributed by atoms with E-state index in [1.807, 2.05) is 12.1 Å². The molecule has 25 heavy (non-hydrogen) atoms. The summed E-state index contributed by atoms with van der Waals surface area (Å²) in [7, 11) is 0. The van der Waals surface area contributed by atoms with Gasteiger partial charge in [0, 0.05) is 31.0 Å². The van der Waals surface area contributed by atoms with Gasteiger partial charge in [0.15, 0.2) is 0 Å². The summed E-state index contributed by atoms with van der Waals surface area (Å²) in [5.74, 6) is 0. The lowest BCUT2D eigenvalue weighted by atomic mass is 10.1. The number of hydrogen-bond donors (Lipinski definition) is 1. The van der Waals surface area contributed by atoms with Crippen LogP contribution < -0.4 is 5.32 Å². The topological polar surface area (TPSA) is 37.8 Å². The first-order chi connectivity index (χ1) is 11.9. The first kappa shape index (κ1) is 17.8. The highest BCUT2D eigenvalue weighted by atomic mass is 35.5. The molecule has 1 N–H and O–H groups in total. The van der Waals surface area contributed by atoms with Crippen molar-refractivity contribution in [1.29, 1.82) is 0 Å². The summed E-state index contributed by atoms with van der Waals surface area (Å²) in [6, 6.07) is 8.80. The van der Waals surface area contributed by atoms with Crippen molar-refractivity contribution >= 4 is 22.9 Å². The van der Waals surface area contributed by atoms with Gasteiger partial charge in [0.05, 0.1) is 10.4 Å². The molecule has 2 heterocycles. The highest BCUT2D eigenvalue weighted by molar-refractivity contribution is 7.15. The number of nitrogens with one attached hydrogen (secondary N) is 1. The lowest BCUT2D eigenvalue weighted by Gasteiger charge is -2.08. The summed E-state index contributed by atoms with van der Waals surface area (Å²) in [5, 5.41) is 4.46. The third-order valence-electron chi connectivity index (χ3n) is 3.46. The third kappa shape index (κ3) is 4.56. The highest BCUT2D eigenvalue weighted by Gasteiger charge is 2.29. The van der Waals surface area contributed by atoms with Crippen LogP contribution in [0.15, 0.2) is 48.8 Å². The highest BCUT2D eigenvalue weighted by Crippen LogP contribution is 2.31. The van der Waals surface area contributed by atoms with Crippen LogP contribution in [-0.4, -0.2) is 9.97 Å². The van der Waals surface area contributed by atoms with E-state index in [1.165, 1.54) is 23.5 Å². The Labute approximate surface area is 151 Å². The molecule has 1 aromatic carbocycles. The van der Waals surface area contributed by atoms with Gasteiger partial charge >= 0.3 is 6.18 Å². The molecule has 0 aliphatic carbocycles. The van der Waals surface area contributed by atoms with Gasteiger partial charge in [-0.2, -0.15) is 13.2 Å². The van der Waals surface area contributed by atoms with Crippen LogP contribution in [0.4, 0.5) is 13.2 Å². The Morgan fingerprint density at radius 3 is 2.48 bits per heavy atom. The summed E-state index contributed by atoms with van der Waals surface area (Å²) in [6.45, 7) is 0.976. The van der Waals surface area contributed by atoms with Gasteiger partial charge < -0.3 is 5.32 Å². The molecular formula is C17H13ClF3N3S. The Kier molecular flexibility index (Phi) is 5.36. The summed E-state index contributed by atoms with van der Waals surface area (Å²) < 4.78 is 37.6. The average molecular weight is 384 g/mol. The van der Waals surface area contributed by atoms with E-state index in [4.69, 9.17) is 11.6 Å². The number of alkyl halides is 3. The molecule has 3 rings (SSSR count). The Morgan fingerprint density at radius 2 is 1.80 bits per heavy atom. The lowest BCUT2D eigenvalue weighted by Crippen LogP contribution is -2.12. The molecule has 3 aromatic rings. The first-order valence-electron chi connectivity index (χ1n) is 7.36. The molecule has 0 saturated carbocycles. The molecule has 8 heteroatoms. The smallest absolute Gasteiger partial charge is 0.306 e. The monoisotopic (exact) mass is 383 g/mol. The first-order valence-corrected chi connectivity index (χ1v) is 8.55. The average Bonchev–Trinajstić information content (AvgIpc) is 3.03. The predicted octanol–water partition coefficient (Wildman–Crippen LogP) is 5.17. The van der Waals surface area contributed by atoms with Crippen LogP contribution in [-0.2, 0) is 19.3 Å². The minimum absolute atomic E-state index is 0.426. The molecule has 0 spiro atoms. The largest absolute Gasteiger partial charge is 0.416 e. The standard InChI is InChI=1S/C17H13ClF3N3S/c18-16-13(2-1-7-23-16)14-9-24-15(25-14)10-22-8-11-3-5-12(6-4-11)17(19,20)21/h1-7,9,22H,8,10H2. The second-order valence-electron chi connectivity index (χ2n) is 5.26. The van der Waals surface area contributed by atoms with Gasteiger partial charge in [-0.15, -0.1) is 11.3 Å². The number of rotatable bonds is 5. The van der Waals surface area contributed by atoms with Crippen molar-refractivity contribution in [1.82, 2.24) is 15.3 Å². The van der Waals surface area contributed by atoms with E-state index < -0.39 is 11.7 Å². The zero-order valence-electron chi connectivity index (χ0n) is 12.8. The van der Waals surface area contributed by atoms with Crippen LogP contribution >= 0.6 is 22.9 Å². The Balaban J connectivity index is 1.57. The summed E-state index contributed by atoms with van der Waals surface area (Å²) >= 11 is 7.56. The van der Waals surface area contributed by atoms with Gasteiger partial charge in [-0.25, -0.2) is 9.97 Å². The van der Waals surface area contributed by atoms with Crippen molar-refractivity contribution in [2.45, 2.75) is 19.3 Å². The minimum Gasteiger partial charge on any atom is -0.306 e. The van der Waals surface area contributed by atoms with Crippen LogP contribution in [0.5, 0.6) is 0 Å². The van der Waals surface area contributed by atoms with E-state index in [1.54, 1.807) is 12.4 Å². The molecule has 0 bridgehead atoms. The molecule has 0 saturated heterocycles. The molecule has 0 unspecified atom stereocenters. The number of benzene rings is 1. The van der Waals surface area contributed by atoms with Crippen molar-refractivity contribution in [3.8, 4) is 10.4 Å². The van der Waals surface area contributed by atoms with Crippen LogP contribution in [0.25, 0.3) is 10.4 Å². The van der Waals surface area contributed by atoms with Crippen LogP contribution in [0.3, 0.4) is 0 Å². The van der Waals surface area contributed by atoms with E-state index in [9.17, 15) is 13.2 Å². The second-order valence-corrected chi connectivity index (χ2v) is 6.73. The van der Waals surface area contributed by atoms with Crippen molar-refractivity contribution in [2.24, 2.45) is 0 Å². The maximum Gasteiger partial charge on any atom is 0.416 e. The van der Waals surface area contributed by atoms with Crippen molar-refractivity contribution < 1.29 is 13.2 Å². The number of nitrogens with zero attached hydrogens (tertiary/aromatic N) is 2. The number of pyridine rings is 1. The fourth-order valence-corrected chi connectivity index (χ4v) is 3.40. The number of aromatic nitrogens is 2. The number of hydrogen-bond acceptors (Lipinski definition) is 4. The Morgan fingerprint density at radius 1 is 1.04 bits per heavy atom. The van der Waals surface area contributed by atoms with Crippen LogP contribution in [0, 0.1) is 0 Å². The maximum absolute atomic E-state index is 12.5. The maximum atomic E-state index is 12.5. The van der Waals surface area contributed by atoms with Crippen molar-refractivity contribution in [2.75, 3.05) is 0 Å². The molecule has 2 aromatic heterocycles. The SMILES string of the molecule is FC(F)(F)c1ccc(CNCc2ncc(-c3cccnc3Cl)s2)cc1. The van der Waals surface area contributed by atoms with E-state index in [0.717, 1.165) is 33.1 Å². The normalized spacial score (nSPS) is 11.7. The third-order valence-corrected chi connectivity index (χ3v) is 4.80. The molecule has 0 atom stereocenters. The number of thiazole rings is 1. The van der Waals surface area contributed by atoms with Gasteiger partial charge in [-0.05, 0) is 29.8 Å². The quantitative estimate of drug-likeness (QED) is 0.618. The zero-order valence-corrected chi connectivity index (χ0v) is 14.4. The summed E-state index contributed by atoms with van der Waals surface area (Å²) in [5.41, 5.74) is 0.963. The molecule has 3 nitrogen and oxygen atoms in total. The van der Waals surface area contributed by atoms with Gasteiger partial charge in [0.25, 0.3) is 0 Å². The Hall–Kier alpha value is -1.96. The van der Waals surface area contributed by atoms with E-state index in [-0.39, 0.29) is 0 Å². The van der Waals surface area contributed by atoms with Crippen molar-refractivity contribution in [3.63, 3.8) is 0 Å².